The average Bonchev–Trinajstić information content (AvgIpc) is 2.57. The molecule has 2 rings (SSSR count). The Balaban J connectivity index is 2.06. The van der Waals surface area contributed by atoms with Crippen LogP contribution in [0.15, 0.2) is 0 Å². The molecule has 0 N–H and O–H groups in total. The maximum atomic E-state index is 2.46. The summed E-state index contributed by atoms with van der Waals surface area (Å²) in [5.41, 5.74) is 0. The van der Waals surface area contributed by atoms with E-state index < -0.39 is 0 Å². The van der Waals surface area contributed by atoms with Crippen LogP contribution in [0, 0.1) is 5.92 Å². The summed E-state index contributed by atoms with van der Waals surface area (Å²) in [5.74, 6) is 4.91. The van der Waals surface area contributed by atoms with Gasteiger partial charge in [-0.3, -0.25) is 0 Å². The minimum absolute atomic E-state index is 0.495. The second-order valence-electron chi connectivity index (χ2n) is 4.53. The van der Waals surface area contributed by atoms with Gasteiger partial charge in [0.2, 0.25) is 0 Å². The molecule has 88 valence electrons. The zero-order chi connectivity index (χ0) is 10.9. The van der Waals surface area contributed by atoms with Crippen molar-refractivity contribution in [3.05, 3.63) is 0 Å². The molecule has 0 bridgehead atoms. The van der Waals surface area contributed by atoms with Crippen molar-refractivity contribution in [3.8, 4) is 0 Å². The third-order valence-electron chi connectivity index (χ3n) is 2.96. The minimum atomic E-state index is 0.495. The third kappa shape index (κ3) is 2.99. The van der Waals surface area contributed by atoms with Crippen LogP contribution in [0.3, 0.4) is 0 Å². The van der Waals surface area contributed by atoms with Crippen LogP contribution in [-0.2, 0) is 0 Å². The van der Waals surface area contributed by atoms with Crippen LogP contribution >= 0.6 is 47.0 Å². The number of thioether (sulfide) groups is 4. The summed E-state index contributed by atoms with van der Waals surface area (Å²) < 4.78 is 0.495. The molecule has 0 aliphatic carbocycles. The molecule has 0 nitrogen and oxygen atoms in total. The molecule has 1 spiro atoms. The maximum absolute atomic E-state index is 2.46. The Morgan fingerprint density at radius 3 is 2.27 bits per heavy atom. The summed E-state index contributed by atoms with van der Waals surface area (Å²) in [7, 11) is 0. The topological polar surface area (TPSA) is 0 Å². The van der Waals surface area contributed by atoms with Crippen molar-refractivity contribution in [1.82, 2.24) is 0 Å². The zero-order valence-corrected chi connectivity index (χ0v) is 13.0. The maximum Gasteiger partial charge on any atom is 0.109 e. The van der Waals surface area contributed by atoms with Crippen molar-refractivity contribution in [2.24, 2.45) is 5.92 Å². The van der Waals surface area contributed by atoms with Crippen LogP contribution < -0.4 is 0 Å². The molecule has 0 aromatic heterocycles. The molecule has 4 atom stereocenters. The Hall–Kier alpha value is 1.40. The molecule has 2 aliphatic rings. The molecule has 2 aliphatic heterocycles. The van der Waals surface area contributed by atoms with Crippen LogP contribution in [0.1, 0.15) is 27.2 Å². The van der Waals surface area contributed by atoms with Gasteiger partial charge in [0.15, 0.2) is 0 Å². The molecule has 15 heavy (non-hydrogen) atoms. The van der Waals surface area contributed by atoms with E-state index in [1.165, 1.54) is 23.7 Å². The van der Waals surface area contributed by atoms with E-state index in [2.05, 4.69) is 67.8 Å². The van der Waals surface area contributed by atoms with Gasteiger partial charge in [0.1, 0.15) is 3.41 Å². The highest BCUT2D eigenvalue weighted by Crippen LogP contribution is 2.60. The van der Waals surface area contributed by atoms with Crippen LogP contribution in [-0.4, -0.2) is 31.2 Å². The lowest BCUT2D eigenvalue weighted by atomic mass is 10.1. The fourth-order valence-electron chi connectivity index (χ4n) is 1.96. The van der Waals surface area contributed by atoms with E-state index in [1.807, 2.05) is 0 Å². The lowest BCUT2D eigenvalue weighted by Gasteiger charge is -2.36. The van der Waals surface area contributed by atoms with Gasteiger partial charge in [-0.25, -0.2) is 0 Å². The summed E-state index contributed by atoms with van der Waals surface area (Å²) >= 11 is 8.85. The van der Waals surface area contributed by atoms with Crippen LogP contribution in [0.5, 0.6) is 0 Å². The SMILES string of the molecule is CC1CSC2(SCC(C)S2)C(C)CCS1. The largest absolute Gasteiger partial charge is 0.158 e. The summed E-state index contributed by atoms with van der Waals surface area (Å²) in [5, 5.41) is 1.70. The van der Waals surface area contributed by atoms with Crippen LogP contribution in [0.2, 0.25) is 0 Å². The summed E-state index contributed by atoms with van der Waals surface area (Å²) in [6.45, 7) is 7.23. The average molecular weight is 281 g/mol. The quantitative estimate of drug-likeness (QED) is 0.644. The van der Waals surface area contributed by atoms with E-state index in [1.54, 1.807) is 0 Å². The Labute approximate surface area is 111 Å². The predicted octanol–water partition coefficient (Wildman–Crippen LogP) is 4.40. The molecule has 4 unspecified atom stereocenters. The van der Waals surface area contributed by atoms with Crippen molar-refractivity contribution in [3.63, 3.8) is 0 Å². The van der Waals surface area contributed by atoms with E-state index in [0.29, 0.717) is 3.41 Å². The molecule has 0 saturated carbocycles. The van der Waals surface area contributed by atoms with Gasteiger partial charge >= 0.3 is 0 Å². The molecule has 2 fully saturated rings. The molecular weight excluding hydrogens is 260 g/mol. The second kappa shape index (κ2) is 5.36. The van der Waals surface area contributed by atoms with E-state index in [0.717, 1.165) is 16.4 Å². The van der Waals surface area contributed by atoms with Gasteiger partial charge in [-0.1, -0.05) is 20.8 Å². The van der Waals surface area contributed by atoms with E-state index >= 15 is 0 Å². The normalized spacial score (nSPS) is 47.8. The van der Waals surface area contributed by atoms with Gasteiger partial charge in [0.05, 0.1) is 0 Å². The smallest absolute Gasteiger partial charge is 0.109 e. The molecule has 0 amide bonds. The number of hydrogen-bond acceptors (Lipinski definition) is 4. The van der Waals surface area contributed by atoms with Crippen molar-refractivity contribution in [2.45, 2.75) is 41.1 Å². The van der Waals surface area contributed by atoms with Crippen LogP contribution in [0.25, 0.3) is 0 Å². The molecule has 0 aromatic rings. The summed E-state index contributed by atoms with van der Waals surface area (Å²) in [6, 6.07) is 0. The first-order valence-electron chi connectivity index (χ1n) is 5.70. The highest BCUT2D eigenvalue weighted by molar-refractivity contribution is 8.36. The first kappa shape index (κ1) is 12.8. The fourth-order valence-corrected chi connectivity index (χ4v) is 9.25. The highest BCUT2D eigenvalue weighted by atomic mass is 32.3. The lowest BCUT2D eigenvalue weighted by molar-refractivity contribution is 0.597. The standard InChI is InChI=1S/C11H20S4/c1-8-4-5-12-9(2)6-13-11(8)14-7-10(3)15-11/h8-10H,4-7H2,1-3H3. The van der Waals surface area contributed by atoms with Crippen molar-refractivity contribution in [2.75, 3.05) is 17.3 Å². The lowest BCUT2D eigenvalue weighted by Crippen LogP contribution is -2.27. The van der Waals surface area contributed by atoms with E-state index in [9.17, 15) is 0 Å². The fraction of sp³-hybridized carbons (Fsp3) is 1.00. The molecular formula is C11H20S4. The Bertz CT molecular complexity index is 221. The second-order valence-corrected chi connectivity index (χ2v) is 11.1. The van der Waals surface area contributed by atoms with Gasteiger partial charge in [-0.15, -0.1) is 35.3 Å². The van der Waals surface area contributed by atoms with Gasteiger partial charge in [-0.05, 0) is 18.1 Å². The summed E-state index contributed by atoms with van der Waals surface area (Å²) in [6.07, 6.45) is 1.40. The highest BCUT2D eigenvalue weighted by Gasteiger charge is 2.44. The van der Waals surface area contributed by atoms with E-state index in [-0.39, 0.29) is 0 Å². The van der Waals surface area contributed by atoms with Crippen molar-refractivity contribution >= 4 is 47.0 Å². The first-order chi connectivity index (χ1) is 7.12. The monoisotopic (exact) mass is 280 g/mol. The van der Waals surface area contributed by atoms with Gasteiger partial charge in [0.25, 0.3) is 0 Å². The van der Waals surface area contributed by atoms with Gasteiger partial charge in [0, 0.05) is 22.0 Å². The minimum Gasteiger partial charge on any atom is -0.158 e. The Morgan fingerprint density at radius 1 is 1.00 bits per heavy atom. The predicted molar refractivity (Wildman–Crippen MR) is 80.4 cm³/mol. The van der Waals surface area contributed by atoms with E-state index in [4.69, 9.17) is 0 Å². The molecule has 2 heterocycles. The van der Waals surface area contributed by atoms with Gasteiger partial charge < -0.3 is 0 Å². The zero-order valence-electron chi connectivity index (χ0n) is 9.69. The Kier molecular flexibility index (Phi) is 4.59. The van der Waals surface area contributed by atoms with Crippen LogP contribution in [0.4, 0.5) is 0 Å². The summed E-state index contributed by atoms with van der Waals surface area (Å²) in [4.78, 5) is 0. The van der Waals surface area contributed by atoms with Crippen molar-refractivity contribution < 1.29 is 0 Å². The molecule has 0 aromatic carbocycles. The van der Waals surface area contributed by atoms with Crippen molar-refractivity contribution in [1.29, 1.82) is 0 Å². The van der Waals surface area contributed by atoms with Gasteiger partial charge in [-0.2, -0.15) is 11.8 Å². The number of rotatable bonds is 0. The third-order valence-corrected chi connectivity index (χ3v) is 10.8. The number of hydrogen-bond donors (Lipinski definition) is 0. The molecule has 2 saturated heterocycles. The first-order valence-corrected chi connectivity index (χ1v) is 9.59. The molecule has 0 radical (unpaired) electrons. The molecule has 4 heteroatoms. The Morgan fingerprint density at radius 2 is 1.67 bits per heavy atom.